The Kier molecular flexibility index (Phi) is 5.17. The summed E-state index contributed by atoms with van der Waals surface area (Å²) in [5.41, 5.74) is 1.40. The van der Waals surface area contributed by atoms with Crippen LogP contribution in [0.25, 0.3) is 0 Å². The summed E-state index contributed by atoms with van der Waals surface area (Å²) in [5, 5.41) is 0. The first kappa shape index (κ1) is 14.0. The third-order valence-corrected chi connectivity index (χ3v) is 2.37. The summed E-state index contributed by atoms with van der Waals surface area (Å²) in [6, 6.07) is 6.89. The molecule has 0 aromatic heterocycles. The van der Waals surface area contributed by atoms with Crippen molar-refractivity contribution in [3.8, 4) is 0 Å². The number of rotatable bonds is 4. The van der Waals surface area contributed by atoms with Crippen LogP contribution in [0.1, 0.15) is 22.8 Å². The van der Waals surface area contributed by atoms with Gasteiger partial charge in [0.25, 0.3) is 0 Å². The van der Waals surface area contributed by atoms with E-state index in [1.54, 1.807) is 38.2 Å². The van der Waals surface area contributed by atoms with Gasteiger partial charge in [0.2, 0.25) is 0 Å². The zero-order valence-corrected chi connectivity index (χ0v) is 10.8. The molecular formula is C13H17NO4. The SMILES string of the molecule is CCOC(=O)N(C)Cc1ccc(C(=O)OC)cc1. The fraction of sp³-hybridized carbons (Fsp3) is 0.385. The molecular weight excluding hydrogens is 234 g/mol. The van der Waals surface area contributed by atoms with Crippen LogP contribution >= 0.6 is 0 Å². The van der Waals surface area contributed by atoms with Crippen molar-refractivity contribution in [3.05, 3.63) is 35.4 Å². The van der Waals surface area contributed by atoms with Gasteiger partial charge in [-0.05, 0) is 24.6 Å². The lowest BCUT2D eigenvalue weighted by Crippen LogP contribution is -2.26. The molecule has 0 aliphatic heterocycles. The van der Waals surface area contributed by atoms with Crippen molar-refractivity contribution in [3.63, 3.8) is 0 Å². The largest absolute Gasteiger partial charge is 0.465 e. The van der Waals surface area contributed by atoms with Crippen molar-refractivity contribution in [2.75, 3.05) is 20.8 Å². The third kappa shape index (κ3) is 3.76. The molecule has 0 aliphatic carbocycles. The number of ether oxygens (including phenoxy) is 2. The van der Waals surface area contributed by atoms with Gasteiger partial charge in [-0.3, -0.25) is 0 Å². The maximum absolute atomic E-state index is 11.4. The molecule has 0 spiro atoms. The van der Waals surface area contributed by atoms with Gasteiger partial charge in [0.05, 0.1) is 19.3 Å². The van der Waals surface area contributed by atoms with Gasteiger partial charge < -0.3 is 14.4 Å². The lowest BCUT2D eigenvalue weighted by molar-refractivity contribution is 0.0600. The minimum atomic E-state index is -0.375. The molecule has 0 saturated heterocycles. The van der Waals surface area contributed by atoms with Crippen molar-refractivity contribution < 1.29 is 19.1 Å². The highest BCUT2D eigenvalue weighted by molar-refractivity contribution is 5.89. The number of carbonyl (C=O) groups is 2. The average Bonchev–Trinajstić information content (AvgIpc) is 2.39. The first-order valence-corrected chi connectivity index (χ1v) is 5.63. The van der Waals surface area contributed by atoms with Crippen LogP contribution in [0.15, 0.2) is 24.3 Å². The minimum Gasteiger partial charge on any atom is -0.465 e. The number of methoxy groups -OCH3 is 1. The highest BCUT2D eigenvalue weighted by Gasteiger charge is 2.10. The van der Waals surface area contributed by atoms with Gasteiger partial charge in [-0.2, -0.15) is 0 Å². The molecule has 0 heterocycles. The molecule has 5 heteroatoms. The van der Waals surface area contributed by atoms with Crippen LogP contribution in [0.4, 0.5) is 4.79 Å². The maximum atomic E-state index is 11.4. The smallest absolute Gasteiger partial charge is 0.409 e. The Morgan fingerprint density at radius 1 is 1.22 bits per heavy atom. The molecule has 5 nitrogen and oxygen atoms in total. The van der Waals surface area contributed by atoms with Crippen LogP contribution < -0.4 is 0 Å². The molecule has 1 aromatic carbocycles. The van der Waals surface area contributed by atoms with Crippen LogP contribution in [-0.2, 0) is 16.0 Å². The summed E-state index contributed by atoms with van der Waals surface area (Å²) in [5.74, 6) is -0.375. The Hall–Kier alpha value is -2.04. The first-order valence-electron chi connectivity index (χ1n) is 5.63. The Bertz CT molecular complexity index is 414. The van der Waals surface area contributed by atoms with Crippen molar-refractivity contribution in [2.24, 2.45) is 0 Å². The van der Waals surface area contributed by atoms with Crippen LogP contribution in [0.5, 0.6) is 0 Å². The number of amides is 1. The van der Waals surface area contributed by atoms with Gasteiger partial charge in [0.15, 0.2) is 0 Å². The Morgan fingerprint density at radius 2 is 1.83 bits per heavy atom. The summed E-state index contributed by atoms with van der Waals surface area (Å²) >= 11 is 0. The van der Waals surface area contributed by atoms with E-state index in [-0.39, 0.29) is 12.1 Å². The average molecular weight is 251 g/mol. The molecule has 1 rings (SSSR count). The molecule has 0 bridgehead atoms. The van der Waals surface area contributed by atoms with E-state index >= 15 is 0 Å². The molecule has 0 unspecified atom stereocenters. The predicted octanol–water partition coefficient (Wildman–Crippen LogP) is 2.06. The van der Waals surface area contributed by atoms with E-state index in [0.29, 0.717) is 18.7 Å². The second kappa shape index (κ2) is 6.64. The fourth-order valence-electron chi connectivity index (χ4n) is 1.44. The van der Waals surface area contributed by atoms with E-state index < -0.39 is 0 Å². The number of hydrogen-bond acceptors (Lipinski definition) is 4. The second-order valence-corrected chi connectivity index (χ2v) is 3.74. The summed E-state index contributed by atoms with van der Waals surface area (Å²) in [4.78, 5) is 24.1. The molecule has 0 radical (unpaired) electrons. The lowest BCUT2D eigenvalue weighted by atomic mass is 10.1. The van der Waals surface area contributed by atoms with E-state index in [1.165, 1.54) is 12.0 Å². The third-order valence-electron chi connectivity index (χ3n) is 2.37. The molecule has 0 fully saturated rings. The minimum absolute atomic E-state index is 0.352. The molecule has 18 heavy (non-hydrogen) atoms. The first-order chi connectivity index (χ1) is 8.58. The molecule has 1 aromatic rings. The molecule has 98 valence electrons. The zero-order valence-electron chi connectivity index (χ0n) is 10.8. The van der Waals surface area contributed by atoms with Crippen LogP contribution in [0.2, 0.25) is 0 Å². The van der Waals surface area contributed by atoms with Gasteiger partial charge in [0, 0.05) is 13.6 Å². The van der Waals surface area contributed by atoms with E-state index in [4.69, 9.17) is 4.74 Å². The Labute approximate surface area is 106 Å². The lowest BCUT2D eigenvalue weighted by Gasteiger charge is -2.16. The summed E-state index contributed by atoms with van der Waals surface area (Å²) in [6.45, 7) is 2.54. The van der Waals surface area contributed by atoms with Gasteiger partial charge >= 0.3 is 12.1 Å². The molecule has 0 atom stereocenters. The topological polar surface area (TPSA) is 55.8 Å². The van der Waals surface area contributed by atoms with Crippen molar-refractivity contribution in [1.29, 1.82) is 0 Å². The highest BCUT2D eigenvalue weighted by Crippen LogP contribution is 2.08. The second-order valence-electron chi connectivity index (χ2n) is 3.74. The van der Waals surface area contributed by atoms with E-state index in [1.807, 2.05) is 0 Å². The Morgan fingerprint density at radius 3 is 2.33 bits per heavy atom. The standard InChI is InChI=1S/C13H17NO4/c1-4-18-13(16)14(2)9-10-5-7-11(8-6-10)12(15)17-3/h5-8H,4,9H2,1-3H3. The monoisotopic (exact) mass is 251 g/mol. The van der Waals surface area contributed by atoms with Gasteiger partial charge in [0.1, 0.15) is 0 Å². The number of nitrogens with zero attached hydrogens (tertiary/aromatic N) is 1. The number of esters is 1. The predicted molar refractivity (Wildman–Crippen MR) is 66.3 cm³/mol. The highest BCUT2D eigenvalue weighted by atomic mass is 16.6. The quantitative estimate of drug-likeness (QED) is 0.769. The summed E-state index contributed by atoms with van der Waals surface area (Å²) < 4.78 is 9.47. The van der Waals surface area contributed by atoms with Crippen LogP contribution in [0, 0.1) is 0 Å². The van der Waals surface area contributed by atoms with Gasteiger partial charge in [-0.1, -0.05) is 12.1 Å². The van der Waals surface area contributed by atoms with Crippen molar-refractivity contribution >= 4 is 12.1 Å². The molecule has 1 amide bonds. The Balaban J connectivity index is 2.63. The number of hydrogen-bond donors (Lipinski definition) is 0. The molecule has 0 aliphatic rings. The fourth-order valence-corrected chi connectivity index (χ4v) is 1.44. The number of benzene rings is 1. The van der Waals surface area contributed by atoms with Gasteiger partial charge in [-0.15, -0.1) is 0 Å². The van der Waals surface area contributed by atoms with Crippen LogP contribution in [0.3, 0.4) is 0 Å². The van der Waals surface area contributed by atoms with Crippen molar-refractivity contribution in [1.82, 2.24) is 4.90 Å². The van der Waals surface area contributed by atoms with Crippen LogP contribution in [-0.4, -0.2) is 37.7 Å². The van der Waals surface area contributed by atoms with E-state index in [9.17, 15) is 9.59 Å². The van der Waals surface area contributed by atoms with E-state index in [2.05, 4.69) is 4.74 Å². The molecule has 0 saturated carbocycles. The number of carbonyl (C=O) groups excluding carboxylic acids is 2. The zero-order chi connectivity index (χ0) is 13.5. The maximum Gasteiger partial charge on any atom is 0.409 e. The van der Waals surface area contributed by atoms with Gasteiger partial charge in [-0.25, -0.2) is 9.59 Å². The summed E-state index contributed by atoms with van der Waals surface area (Å²) in [6.07, 6.45) is -0.366. The van der Waals surface area contributed by atoms with Crippen molar-refractivity contribution in [2.45, 2.75) is 13.5 Å². The normalized spacial score (nSPS) is 9.72. The molecule has 0 N–H and O–H groups in total. The van der Waals surface area contributed by atoms with E-state index in [0.717, 1.165) is 5.56 Å². The summed E-state index contributed by atoms with van der Waals surface area (Å²) in [7, 11) is 3.00.